The van der Waals surface area contributed by atoms with E-state index in [4.69, 9.17) is 0 Å². The summed E-state index contributed by atoms with van der Waals surface area (Å²) in [6.07, 6.45) is 2.13. The van der Waals surface area contributed by atoms with E-state index in [1.165, 1.54) is 44.5 Å². The molecule has 2 aliphatic carbocycles. The summed E-state index contributed by atoms with van der Waals surface area (Å²) in [6, 6.07) is 36.3. The highest BCUT2D eigenvalue weighted by molar-refractivity contribution is 8.01. The predicted octanol–water partition coefficient (Wildman–Crippen LogP) is 8.39. The normalized spacial score (nSPS) is 16.3. The van der Waals surface area contributed by atoms with Crippen LogP contribution in [0.5, 0.6) is 0 Å². The first-order chi connectivity index (χ1) is 15.2. The van der Waals surface area contributed by atoms with Crippen molar-refractivity contribution in [1.29, 1.82) is 0 Å². The lowest BCUT2D eigenvalue weighted by atomic mass is 9.92. The minimum Gasteiger partial charge on any atom is -0.129 e. The SMILES string of the molecule is CCC1(SC2(CC)c3ccccc3-c3ccccc32)c2ccccc2-c2ccccc21. The van der Waals surface area contributed by atoms with E-state index < -0.39 is 0 Å². The standard InChI is InChI=1S/C30H26S/c1-3-29(25-17-9-5-13-21(25)22-14-6-10-18-26(22)29)31-30(4-2)27-19-11-7-15-23(27)24-16-8-12-20-28(24)30/h5-20H,3-4H2,1-2H3. The molecule has 0 aliphatic heterocycles. The van der Waals surface area contributed by atoms with Crippen LogP contribution in [0, 0.1) is 0 Å². The first kappa shape index (κ1) is 19.0. The summed E-state index contributed by atoms with van der Waals surface area (Å²) in [5.74, 6) is 0. The van der Waals surface area contributed by atoms with Crippen molar-refractivity contribution < 1.29 is 0 Å². The van der Waals surface area contributed by atoms with Gasteiger partial charge in [-0.25, -0.2) is 0 Å². The second-order valence-electron chi connectivity index (χ2n) is 8.65. The number of thioether (sulfide) groups is 1. The van der Waals surface area contributed by atoms with Gasteiger partial charge in [0.05, 0.1) is 9.49 Å². The van der Waals surface area contributed by atoms with Crippen molar-refractivity contribution in [3.05, 3.63) is 119 Å². The van der Waals surface area contributed by atoms with Gasteiger partial charge in [-0.2, -0.15) is 0 Å². The van der Waals surface area contributed by atoms with Crippen molar-refractivity contribution in [3.63, 3.8) is 0 Å². The van der Waals surface area contributed by atoms with Crippen LogP contribution in [-0.4, -0.2) is 0 Å². The summed E-state index contributed by atoms with van der Waals surface area (Å²) in [7, 11) is 0. The van der Waals surface area contributed by atoms with Crippen LogP contribution in [0.25, 0.3) is 22.3 Å². The zero-order valence-electron chi connectivity index (χ0n) is 18.1. The third-order valence-electron chi connectivity index (χ3n) is 7.37. The van der Waals surface area contributed by atoms with Gasteiger partial charge in [0.1, 0.15) is 0 Å². The van der Waals surface area contributed by atoms with Crippen LogP contribution in [-0.2, 0) is 9.49 Å². The summed E-state index contributed by atoms with van der Waals surface area (Å²) in [4.78, 5) is 0. The van der Waals surface area contributed by atoms with E-state index in [1.807, 2.05) is 0 Å². The Bertz CT molecular complexity index is 1110. The minimum absolute atomic E-state index is 0.0617. The van der Waals surface area contributed by atoms with Gasteiger partial charge in [0, 0.05) is 0 Å². The topological polar surface area (TPSA) is 0 Å². The highest BCUT2D eigenvalue weighted by atomic mass is 32.2. The Hall–Kier alpha value is -2.77. The van der Waals surface area contributed by atoms with Crippen LogP contribution in [0.15, 0.2) is 97.1 Å². The molecule has 0 aromatic heterocycles. The molecule has 4 aromatic rings. The fourth-order valence-corrected chi connectivity index (χ4v) is 8.03. The fourth-order valence-electron chi connectivity index (χ4n) is 5.99. The smallest absolute Gasteiger partial charge is 0.0678 e. The predicted molar refractivity (Wildman–Crippen MR) is 133 cm³/mol. The van der Waals surface area contributed by atoms with Gasteiger partial charge >= 0.3 is 0 Å². The van der Waals surface area contributed by atoms with Gasteiger partial charge in [0.2, 0.25) is 0 Å². The Morgan fingerprint density at radius 2 is 0.710 bits per heavy atom. The molecule has 0 N–H and O–H groups in total. The maximum atomic E-state index is 2.36. The largest absolute Gasteiger partial charge is 0.129 e. The van der Waals surface area contributed by atoms with E-state index in [2.05, 4.69) is 123 Å². The summed E-state index contributed by atoms with van der Waals surface area (Å²) < 4.78 is -0.123. The molecule has 0 radical (unpaired) electrons. The zero-order chi connectivity index (χ0) is 21.1. The summed E-state index contributed by atoms with van der Waals surface area (Å²) in [5, 5.41) is 0. The van der Waals surface area contributed by atoms with Crippen LogP contribution in [0.3, 0.4) is 0 Å². The molecule has 0 amide bonds. The van der Waals surface area contributed by atoms with Gasteiger partial charge < -0.3 is 0 Å². The van der Waals surface area contributed by atoms with Crippen LogP contribution in [0.2, 0.25) is 0 Å². The number of hydrogen-bond donors (Lipinski definition) is 0. The number of hydrogen-bond acceptors (Lipinski definition) is 1. The first-order valence-electron chi connectivity index (χ1n) is 11.3. The monoisotopic (exact) mass is 418 g/mol. The molecule has 4 aromatic carbocycles. The molecule has 0 heterocycles. The van der Waals surface area contributed by atoms with E-state index >= 15 is 0 Å². The molecule has 0 spiro atoms. The van der Waals surface area contributed by atoms with Crippen molar-refractivity contribution in [2.45, 2.75) is 36.2 Å². The third-order valence-corrected chi connectivity index (χ3v) is 9.53. The molecule has 0 unspecified atom stereocenters. The van der Waals surface area contributed by atoms with E-state index in [-0.39, 0.29) is 9.49 Å². The van der Waals surface area contributed by atoms with Crippen molar-refractivity contribution in [3.8, 4) is 22.3 Å². The number of benzene rings is 4. The molecular weight excluding hydrogens is 392 g/mol. The molecular formula is C30H26S. The minimum atomic E-state index is -0.0617. The molecule has 0 atom stereocenters. The highest BCUT2D eigenvalue weighted by Gasteiger charge is 2.52. The average Bonchev–Trinajstić information content (AvgIpc) is 3.28. The van der Waals surface area contributed by atoms with E-state index in [1.54, 1.807) is 0 Å². The fraction of sp³-hybridized carbons (Fsp3) is 0.200. The van der Waals surface area contributed by atoms with Gasteiger partial charge in [-0.05, 0) is 57.3 Å². The molecule has 152 valence electrons. The Morgan fingerprint density at radius 3 is 0.968 bits per heavy atom. The van der Waals surface area contributed by atoms with Gasteiger partial charge in [-0.15, -0.1) is 11.8 Å². The van der Waals surface area contributed by atoms with Crippen LogP contribution in [0.4, 0.5) is 0 Å². The Kier molecular flexibility index (Phi) is 4.20. The van der Waals surface area contributed by atoms with Gasteiger partial charge in [0.15, 0.2) is 0 Å². The van der Waals surface area contributed by atoms with Crippen molar-refractivity contribution in [2.75, 3.05) is 0 Å². The molecule has 0 bridgehead atoms. The lowest BCUT2D eigenvalue weighted by Gasteiger charge is -2.41. The van der Waals surface area contributed by atoms with Crippen molar-refractivity contribution in [2.24, 2.45) is 0 Å². The number of fused-ring (bicyclic) bond motifs is 6. The molecule has 2 aliphatic rings. The summed E-state index contributed by atoms with van der Waals surface area (Å²) in [5.41, 5.74) is 11.5. The highest BCUT2D eigenvalue weighted by Crippen LogP contribution is 2.67. The average molecular weight is 419 g/mol. The van der Waals surface area contributed by atoms with Gasteiger partial charge in [-0.1, -0.05) is 111 Å². The molecule has 6 rings (SSSR count). The summed E-state index contributed by atoms with van der Waals surface area (Å²) >= 11 is 2.18. The van der Waals surface area contributed by atoms with E-state index in [0.717, 1.165) is 12.8 Å². The maximum Gasteiger partial charge on any atom is 0.0678 e. The van der Waals surface area contributed by atoms with Crippen LogP contribution < -0.4 is 0 Å². The van der Waals surface area contributed by atoms with Gasteiger partial charge in [-0.3, -0.25) is 0 Å². The van der Waals surface area contributed by atoms with E-state index in [0.29, 0.717) is 0 Å². The molecule has 0 saturated carbocycles. The lowest BCUT2D eigenvalue weighted by molar-refractivity contribution is 0.673. The zero-order valence-corrected chi connectivity index (χ0v) is 18.9. The Balaban J connectivity index is 1.64. The Labute approximate surface area is 189 Å². The van der Waals surface area contributed by atoms with E-state index in [9.17, 15) is 0 Å². The third kappa shape index (κ3) is 2.39. The molecule has 31 heavy (non-hydrogen) atoms. The Morgan fingerprint density at radius 1 is 0.452 bits per heavy atom. The van der Waals surface area contributed by atoms with Crippen molar-refractivity contribution >= 4 is 11.8 Å². The van der Waals surface area contributed by atoms with Crippen LogP contribution in [0.1, 0.15) is 48.9 Å². The van der Waals surface area contributed by atoms with Crippen LogP contribution >= 0.6 is 11.8 Å². The molecule has 0 saturated heterocycles. The number of rotatable bonds is 4. The lowest BCUT2D eigenvalue weighted by Crippen LogP contribution is -2.30. The second kappa shape index (κ2) is 6.87. The summed E-state index contributed by atoms with van der Waals surface area (Å²) in [6.45, 7) is 4.73. The first-order valence-corrected chi connectivity index (χ1v) is 12.2. The second-order valence-corrected chi connectivity index (χ2v) is 10.2. The molecule has 1 heteroatoms. The molecule has 0 fully saturated rings. The molecule has 0 nitrogen and oxygen atoms in total. The quantitative estimate of drug-likeness (QED) is 0.321. The van der Waals surface area contributed by atoms with Gasteiger partial charge in [0.25, 0.3) is 0 Å². The maximum absolute atomic E-state index is 2.36. The van der Waals surface area contributed by atoms with Crippen molar-refractivity contribution in [1.82, 2.24) is 0 Å².